The molecule has 4 rings (SSSR count). The van der Waals surface area contributed by atoms with Gasteiger partial charge in [-0.25, -0.2) is 0 Å². The van der Waals surface area contributed by atoms with Crippen LogP contribution in [0.5, 0.6) is 5.75 Å². The van der Waals surface area contributed by atoms with Crippen molar-refractivity contribution in [3.05, 3.63) is 71.1 Å². The van der Waals surface area contributed by atoms with Gasteiger partial charge in [0.15, 0.2) is 5.82 Å². The van der Waals surface area contributed by atoms with Crippen LogP contribution in [0.15, 0.2) is 47.6 Å². The quantitative estimate of drug-likeness (QED) is 0.657. The summed E-state index contributed by atoms with van der Waals surface area (Å²) in [7, 11) is 0. The standard InChI is InChI=1S/C21H22N4O4/c1-14-8-17(9-15(2)19(14)28-11-16-4-3-5-22-10-16)21(26)25-6-7-27-12-18(25)20-23-13-29-24-20/h3-5,8-10,13,18H,6-7,11-12H2,1-2H3. The summed E-state index contributed by atoms with van der Waals surface area (Å²) in [6.45, 7) is 5.60. The largest absolute Gasteiger partial charge is 0.488 e. The third kappa shape index (κ3) is 4.12. The first-order valence-electron chi connectivity index (χ1n) is 9.41. The van der Waals surface area contributed by atoms with Crippen LogP contribution in [0.25, 0.3) is 0 Å². The number of rotatable bonds is 5. The second-order valence-electron chi connectivity index (χ2n) is 6.97. The second-order valence-corrected chi connectivity index (χ2v) is 6.97. The van der Waals surface area contributed by atoms with Crippen LogP contribution in [0.1, 0.15) is 38.9 Å². The second kappa shape index (κ2) is 8.40. The summed E-state index contributed by atoms with van der Waals surface area (Å²) >= 11 is 0. The Morgan fingerprint density at radius 1 is 1.31 bits per heavy atom. The molecule has 0 N–H and O–H groups in total. The van der Waals surface area contributed by atoms with E-state index in [0.29, 0.717) is 37.8 Å². The highest BCUT2D eigenvalue weighted by Gasteiger charge is 2.32. The van der Waals surface area contributed by atoms with Gasteiger partial charge in [0.2, 0.25) is 6.39 Å². The van der Waals surface area contributed by atoms with E-state index in [4.69, 9.17) is 14.0 Å². The Labute approximate surface area is 168 Å². The Morgan fingerprint density at radius 2 is 2.14 bits per heavy atom. The number of amides is 1. The van der Waals surface area contributed by atoms with Crippen LogP contribution in [-0.4, -0.2) is 45.7 Å². The molecule has 1 aliphatic rings. The SMILES string of the molecule is Cc1cc(C(=O)N2CCOCC2c2ncon2)cc(C)c1OCc1cccnc1. The summed E-state index contributed by atoms with van der Waals surface area (Å²) in [5.41, 5.74) is 3.40. The number of ether oxygens (including phenoxy) is 2. The number of hydrogen-bond donors (Lipinski definition) is 0. The van der Waals surface area contributed by atoms with Gasteiger partial charge in [-0.1, -0.05) is 11.2 Å². The maximum absolute atomic E-state index is 13.2. The number of benzene rings is 1. The first-order valence-corrected chi connectivity index (χ1v) is 9.41. The van der Waals surface area contributed by atoms with E-state index >= 15 is 0 Å². The first kappa shape index (κ1) is 19.1. The lowest BCUT2D eigenvalue weighted by atomic mass is 10.0. The third-order valence-corrected chi connectivity index (χ3v) is 4.88. The highest BCUT2D eigenvalue weighted by Crippen LogP contribution is 2.29. The number of hydrogen-bond acceptors (Lipinski definition) is 7. The average Bonchev–Trinajstić information content (AvgIpc) is 3.28. The number of morpholine rings is 1. The Balaban J connectivity index is 1.54. The Kier molecular flexibility index (Phi) is 5.53. The molecular weight excluding hydrogens is 372 g/mol. The molecule has 2 aromatic heterocycles. The molecule has 29 heavy (non-hydrogen) atoms. The van der Waals surface area contributed by atoms with Crippen molar-refractivity contribution >= 4 is 5.91 Å². The van der Waals surface area contributed by atoms with E-state index in [1.165, 1.54) is 6.39 Å². The van der Waals surface area contributed by atoms with E-state index in [-0.39, 0.29) is 11.9 Å². The molecule has 1 saturated heterocycles. The lowest BCUT2D eigenvalue weighted by Gasteiger charge is -2.34. The molecule has 1 fully saturated rings. The van der Waals surface area contributed by atoms with Gasteiger partial charge in [0.25, 0.3) is 5.91 Å². The smallest absolute Gasteiger partial charge is 0.254 e. The molecule has 1 aliphatic heterocycles. The Bertz CT molecular complexity index is 953. The molecule has 8 heteroatoms. The lowest BCUT2D eigenvalue weighted by Crippen LogP contribution is -2.43. The fourth-order valence-electron chi connectivity index (χ4n) is 3.49. The number of pyridine rings is 1. The normalized spacial score (nSPS) is 16.6. The molecule has 0 bridgehead atoms. The summed E-state index contributed by atoms with van der Waals surface area (Å²) in [5.74, 6) is 1.14. The highest BCUT2D eigenvalue weighted by atomic mass is 16.5. The van der Waals surface area contributed by atoms with Gasteiger partial charge >= 0.3 is 0 Å². The number of aromatic nitrogens is 3. The summed E-state index contributed by atoms with van der Waals surface area (Å²) in [5, 5.41) is 3.88. The molecule has 0 radical (unpaired) electrons. The predicted molar refractivity (Wildman–Crippen MR) is 103 cm³/mol. The van der Waals surface area contributed by atoms with Crippen molar-refractivity contribution in [2.75, 3.05) is 19.8 Å². The van der Waals surface area contributed by atoms with Crippen LogP contribution in [0.3, 0.4) is 0 Å². The van der Waals surface area contributed by atoms with Crippen LogP contribution in [0, 0.1) is 13.8 Å². The van der Waals surface area contributed by atoms with E-state index in [2.05, 4.69) is 15.1 Å². The zero-order chi connectivity index (χ0) is 20.2. The molecule has 3 heterocycles. The van der Waals surface area contributed by atoms with E-state index in [1.54, 1.807) is 17.3 Å². The van der Waals surface area contributed by atoms with Crippen molar-refractivity contribution in [3.63, 3.8) is 0 Å². The van der Waals surface area contributed by atoms with Crippen LogP contribution < -0.4 is 4.74 Å². The Hall–Kier alpha value is -3.26. The number of aryl methyl sites for hydroxylation is 2. The maximum Gasteiger partial charge on any atom is 0.254 e. The van der Waals surface area contributed by atoms with Gasteiger partial charge < -0.3 is 18.9 Å². The molecule has 8 nitrogen and oxygen atoms in total. The van der Waals surface area contributed by atoms with Crippen molar-refractivity contribution in [2.45, 2.75) is 26.5 Å². The molecule has 1 atom stereocenters. The molecule has 1 unspecified atom stereocenters. The van der Waals surface area contributed by atoms with Crippen molar-refractivity contribution in [2.24, 2.45) is 0 Å². The minimum atomic E-state index is -0.364. The fraction of sp³-hybridized carbons (Fsp3) is 0.333. The number of carbonyl (C=O) groups excluding carboxylic acids is 1. The summed E-state index contributed by atoms with van der Waals surface area (Å²) in [6, 6.07) is 7.19. The molecule has 1 aromatic carbocycles. The predicted octanol–water partition coefficient (Wildman–Crippen LogP) is 2.87. The summed E-state index contributed by atoms with van der Waals surface area (Å²) in [4.78, 5) is 23.2. The van der Waals surface area contributed by atoms with Crippen molar-refractivity contribution in [1.29, 1.82) is 0 Å². The minimum Gasteiger partial charge on any atom is -0.488 e. The average molecular weight is 394 g/mol. The first-order chi connectivity index (χ1) is 14.1. The van der Waals surface area contributed by atoms with Crippen molar-refractivity contribution < 1.29 is 18.8 Å². The van der Waals surface area contributed by atoms with Gasteiger partial charge in [-0.3, -0.25) is 9.78 Å². The van der Waals surface area contributed by atoms with Gasteiger partial charge in [0.05, 0.1) is 13.2 Å². The monoisotopic (exact) mass is 394 g/mol. The maximum atomic E-state index is 13.2. The fourth-order valence-corrected chi connectivity index (χ4v) is 3.49. The van der Waals surface area contributed by atoms with E-state index in [0.717, 1.165) is 22.4 Å². The van der Waals surface area contributed by atoms with Crippen LogP contribution in [-0.2, 0) is 11.3 Å². The molecule has 150 valence electrons. The number of nitrogens with zero attached hydrogens (tertiary/aromatic N) is 4. The van der Waals surface area contributed by atoms with Gasteiger partial charge in [-0.05, 0) is 43.2 Å². The zero-order valence-electron chi connectivity index (χ0n) is 16.4. The third-order valence-electron chi connectivity index (χ3n) is 4.88. The molecular formula is C21H22N4O4. The van der Waals surface area contributed by atoms with Crippen LogP contribution >= 0.6 is 0 Å². The van der Waals surface area contributed by atoms with E-state index in [1.807, 2.05) is 38.1 Å². The summed E-state index contributed by atoms with van der Waals surface area (Å²) in [6.07, 6.45) is 4.77. The van der Waals surface area contributed by atoms with Gasteiger partial charge in [0.1, 0.15) is 18.4 Å². The zero-order valence-corrected chi connectivity index (χ0v) is 16.4. The van der Waals surface area contributed by atoms with Gasteiger partial charge in [-0.2, -0.15) is 4.98 Å². The molecule has 1 amide bonds. The Morgan fingerprint density at radius 3 is 2.83 bits per heavy atom. The highest BCUT2D eigenvalue weighted by molar-refractivity contribution is 5.95. The van der Waals surface area contributed by atoms with Gasteiger partial charge in [-0.15, -0.1) is 0 Å². The topological polar surface area (TPSA) is 90.6 Å². The minimum absolute atomic E-state index is 0.0897. The number of carbonyl (C=O) groups is 1. The molecule has 0 saturated carbocycles. The van der Waals surface area contributed by atoms with E-state index < -0.39 is 0 Å². The van der Waals surface area contributed by atoms with Crippen LogP contribution in [0.2, 0.25) is 0 Å². The summed E-state index contributed by atoms with van der Waals surface area (Å²) < 4.78 is 16.4. The van der Waals surface area contributed by atoms with Crippen molar-refractivity contribution in [1.82, 2.24) is 20.0 Å². The van der Waals surface area contributed by atoms with E-state index in [9.17, 15) is 4.79 Å². The molecule has 0 spiro atoms. The lowest BCUT2D eigenvalue weighted by molar-refractivity contribution is -0.00578. The van der Waals surface area contributed by atoms with Crippen molar-refractivity contribution in [3.8, 4) is 5.75 Å². The van der Waals surface area contributed by atoms with Gasteiger partial charge in [0, 0.05) is 30.1 Å². The molecule has 0 aliphatic carbocycles. The molecule has 3 aromatic rings. The van der Waals surface area contributed by atoms with Crippen LogP contribution in [0.4, 0.5) is 0 Å².